The second-order valence-electron chi connectivity index (χ2n) is 7.80. The number of hydrogen-bond acceptors (Lipinski definition) is 5. The van der Waals surface area contributed by atoms with E-state index in [9.17, 15) is 14.4 Å². The Kier molecular flexibility index (Phi) is 6.42. The predicted molar refractivity (Wildman–Crippen MR) is 117 cm³/mol. The van der Waals surface area contributed by atoms with Gasteiger partial charge in [0.05, 0.1) is 10.7 Å². The summed E-state index contributed by atoms with van der Waals surface area (Å²) in [6.45, 7) is 2.63. The quantitative estimate of drug-likeness (QED) is 0.736. The lowest BCUT2D eigenvalue weighted by atomic mass is 9.89. The number of benzene rings is 2. The Bertz CT molecular complexity index is 958. The fraction of sp³-hybridized carbons (Fsp3) is 0.348. The van der Waals surface area contributed by atoms with E-state index in [4.69, 9.17) is 16.3 Å². The summed E-state index contributed by atoms with van der Waals surface area (Å²) < 4.78 is 5.41. The lowest BCUT2D eigenvalue weighted by molar-refractivity contribution is -0.133. The molecule has 1 N–H and O–H groups in total. The maximum Gasteiger partial charge on any atom is 0.410 e. The second kappa shape index (κ2) is 9.39. The summed E-state index contributed by atoms with van der Waals surface area (Å²) >= 11 is 6.54. The normalized spacial score (nSPS) is 17.5. The van der Waals surface area contributed by atoms with Gasteiger partial charge in [0.1, 0.15) is 6.61 Å². The van der Waals surface area contributed by atoms with Crippen molar-refractivity contribution in [1.82, 2.24) is 10.2 Å². The van der Waals surface area contributed by atoms with Crippen LogP contribution in [0.4, 0.5) is 10.5 Å². The Labute approximate surface area is 185 Å². The molecule has 0 atom stereocenters. The third-order valence-electron chi connectivity index (χ3n) is 5.67. The molecule has 2 saturated heterocycles. The summed E-state index contributed by atoms with van der Waals surface area (Å²) in [6.07, 6.45) is 0.251. The molecule has 3 amide bonds. The molecule has 31 heavy (non-hydrogen) atoms. The van der Waals surface area contributed by atoms with Crippen LogP contribution in [0.3, 0.4) is 0 Å². The summed E-state index contributed by atoms with van der Waals surface area (Å²) in [7, 11) is 0. The van der Waals surface area contributed by atoms with E-state index in [1.54, 1.807) is 4.90 Å². The smallest absolute Gasteiger partial charge is 0.410 e. The number of carbonyl (C=O) groups excluding carboxylic acids is 3. The SMILES string of the molecule is O=C1CC(c2ccc(N3CCN(C(=O)OCc4ccccc4)CC3)c(Cl)c2)CC(=O)N1. The number of hydrogen-bond donors (Lipinski definition) is 1. The molecule has 0 aliphatic carbocycles. The van der Waals surface area contributed by atoms with Crippen LogP contribution < -0.4 is 10.2 Å². The van der Waals surface area contributed by atoms with Crippen molar-refractivity contribution in [3.05, 3.63) is 64.7 Å². The van der Waals surface area contributed by atoms with Crippen molar-refractivity contribution in [2.75, 3.05) is 31.1 Å². The van der Waals surface area contributed by atoms with Crippen molar-refractivity contribution in [3.8, 4) is 0 Å². The van der Waals surface area contributed by atoms with Gasteiger partial charge in [0.25, 0.3) is 0 Å². The predicted octanol–water partition coefficient (Wildman–Crippen LogP) is 3.32. The molecule has 162 valence electrons. The van der Waals surface area contributed by atoms with Crippen LogP contribution in [-0.2, 0) is 20.9 Å². The summed E-state index contributed by atoms with van der Waals surface area (Å²) in [5.41, 5.74) is 2.73. The molecule has 2 aromatic rings. The molecule has 7 nitrogen and oxygen atoms in total. The van der Waals surface area contributed by atoms with Gasteiger partial charge in [0.15, 0.2) is 0 Å². The van der Waals surface area contributed by atoms with Crippen LogP contribution in [0.15, 0.2) is 48.5 Å². The minimum atomic E-state index is -0.315. The minimum Gasteiger partial charge on any atom is -0.445 e. The molecule has 2 aliphatic heterocycles. The Hall–Kier alpha value is -3.06. The highest BCUT2D eigenvalue weighted by molar-refractivity contribution is 6.33. The molecule has 2 fully saturated rings. The highest BCUT2D eigenvalue weighted by Crippen LogP contribution is 2.33. The van der Waals surface area contributed by atoms with Crippen LogP contribution in [0.2, 0.25) is 5.02 Å². The van der Waals surface area contributed by atoms with Crippen molar-refractivity contribution < 1.29 is 19.1 Å². The first kappa shape index (κ1) is 21.2. The fourth-order valence-electron chi connectivity index (χ4n) is 3.99. The molecule has 0 spiro atoms. The van der Waals surface area contributed by atoms with Crippen LogP contribution in [0.5, 0.6) is 0 Å². The van der Waals surface area contributed by atoms with Crippen LogP contribution in [0.25, 0.3) is 0 Å². The number of piperazine rings is 1. The summed E-state index contributed by atoms with van der Waals surface area (Å²) in [6, 6.07) is 15.3. The average Bonchev–Trinajstić information content (AvgIpc) is 2.77. The summed E-state index contributed by atoms with van der Waals surface area (Å²) in [5.74, 6) is -0.655. The van der Waals surface area contributed by atoms with Gasteiger partial charge in [0.2, 0.25) is 11.8 Å². The van der Waals surface area contributed by atoms with Crippen LogP contribution in [0, 0.1) is 0 Å². The number of rotatable bonds is 4. The fourth-order valence-corrected chi connectivity index (χ4v) is 4.30. The molecule has 0 aromatic heterocycles. The molecule has 2 aliphatic rings. The standard InChI is InChI=1S/C23H24ClN3O4/c24-19-12-17(18-13-21(28)25-22(29)14-18)6-7-20(19)26-8-10-27(11-9-26)23(30)31-15-16-4-2-1-3-5-16/h1-7,12,18H,8-11,13-15H2,(H,25,28,29). The van der Waals surface area contributed by atoms with Gasteiger partial charge in [0, 0.05) is 44.9 Å². The Morgan fingerprint density at radius 2 is 1.68 bits per heavy atom. The molecule has 0 saturated carbocycles. The lowest BCUT2D eigenvalue weighted by Gasteiger charge is -2.36. The van der Waals surface area contributed by atoms with Gasteiger partial charge in [-0.1, -0.05) is 48.0 Å². The molecule has 2 aromatic carbocycles. The topological polar surface area (TPSA) is 79.0 Å². The average molecular weight is 442 g/mol. The Morgan fingerprint density at radius 3 is 2.32 bits per heavy atom. The number of piperidine rings is 1. The molecule has 4 rings (SSSR count). The van der Waals surface area contributed by atoms with E-state index in [-0.39, 0.29) is 43.3 Å². The van der Waals surface area contributed by atoms with Crippen LogP contribution in [-0.4, -0.2) is 49.0 Å². The van der Waals surface area contributed by atoms with Gasteiger partial charge in [-0.05, 0) is 23.3 Å². The molecular weight excluding hydrogens is 418 g/mol. The van der Waals surface area contributed by atoms with Gasteiger partial charge in [-0.2, -0.15) is 0 Å². The van der Waals surface area contributed by atoms with Crippen molar-refractivity contribution in [2.24, 2.45) is 0 Å². The second-order valence-corrected chi connectivity index (χ2v) is 8.21. The molecule has 0 radical (unpaired) electrons. The highest BCUT2D eigenvalue weighted by atomic mass is 35.5. The van der Waals surface area contributed by atoms with Gasteiger partial charge in [-0.15, -0.1) is 0 Å². The van der Waals surface area contributed by atoms with Gasteiger partial charge in [-0.25, -0.2) is 4.79 Å². The van der Waals surface area contributed by atoms with Gasteiger partial charge < -0.3 is 14.5 Å². The maximum atomic E-state index is 12.4. The van der Waals surface area contributed by atoms with E-state index in [2.05, 4.69) is 10.2 Å². The van der Waals surface area contributed by atoms with E-state index in [1.165, 1.54) is 0 Å². The molecule has 0 unspecified atom stereocenters. The zero-order valence-corrected chi connectivity index (χ0v) is 17.8. The number of imide groups is 1. The Morgan fingerprint density at radius 1 is 1.00 bits per heavy atom. The molecular formula is C23H24ClN3O4. The summed E-state index contributed by atoms with van der Waals surface area (Å²) in [4.78, 5) is 39.5. The van der Waals surface area contributed by atoms with Crippen molar-refractivity contribution in [1.29, 1.82) is 0 Å². The van der Waals surface area contributed by atoms with E-state index in [0.717, 1.165) is 16.8 Å². The molecule has 0 bridgehead atoms. The van der Waals surface area contributed by atoms with Gasteiger partial charge >= 0.3 is 6.09 Å². The highest BCUT2D eigenvalue weighted by Gasteiger charge is 2.28. The first-order chi connectivity index (χ1) is 15.0. The number of carbonyl (C=O) groups is 3. The monoisotopic (exact) mass is 441 g/mol. The van der Waals surface area contributed by atoms with Crippen LogP contribution >= 0.6 is 11.6 Å². The van der Waals surface area contributed by atoms with Crippen molar-refractivity contribution >= 4 is 35.2 Å². The first-order valence-electron chi connectivity index (χ1n) is 10.3. The number of anilines is 1. The largest absolute Gasteiger partial charge is 0.445 e. The third-order valence-corrected chi connectivity index (χ3v) is 5.97. The van der Waals surface area contributed by atoms with Crippen LogP contribution in [0.1, 0.15) is 29.9 Å². The number of amides is 3. The number of halogens is 1. The zero-order chi connectivity index (χ0) is 21.8. The number of nitrogens with one attached hydrogen (secondary N) is 1. The van der Waals surface area contributed by atoms with E-state index in [0.29, 0.717) is 31.2 Å². The maximum absolute atomic E-state index is 12.4. The van der Waals surface area contributed by atoms with Crippen molar-refractivity contribution in [3.63, 3.8) is 0 Å². The number of ether oxygens (including phenoxy) is 1. The minimum absolute atomic E-state index is 0.149. The third kappa shape index (κ3) is 5.17. The van der Waals surface area contributed by atoms with E-state index in [1.807, 2.05) is 48.5 Å². The lowest BCUT2D eigenvalue weighted by Crippen LogP contribution is -2.49. The Balaban J connectivity index is 1.32. The van der Waals surface area contributed by atoms with Crippen molar-refractivity contribution in [2.45, 2.75) is 25.4 Å². The first-order valence-corrected chi connectivity index (χ1v) is 10.7. The molecule has 2 heterocycles. The van der Waals surface area contributed by atoms with Gasteiger partial charge in [-0.3, -0.25) is 14.9 Å². The number of nitrogens with zero attached hydrogens (tertiary/aromatic N) is 2. The summed E-state index contributed by atoms with van der Waals surface area (Å²) in [5, 5.41) is 2.91. The zero-order valence-electron chi connectivity index (χ0n) is 17.1. The van der Waals surface area contributed by atoms with E-state index >= 15 is 0 Å². The van der Waals surface area contributed by atoms with E-state index < -0.39 is 0 Å². The molecule has 8 heteroatoms.